The summed E-state index contributed by atoms with van der Waals surface area (Å²) in [5, 5.41) is 8.68. The molecule has 0 heterocycles. The third-order valence-electron chi connectivity index (χ3n) is 2.06. The van der Waals surface area contributed by atoms with Crippen LogP contribution >= 0.6 is 27.5 Å². The van der Waals surface area contributed by atoms with Crippen molar-refractivity contribution in [2.75, 3.05) is 0 Å². The minimum Gasteiger partial charge on any atom is -0.481 e. The third kappa shape index (κ3) is 2.92. The molecular weight excluding hydrogens is 286 g/mol. The molecule has 1 unspecified atom stereocenters. The van der Waals surface area contributed by atoms with Crippen molar-refractivity contribution < 1.29 is 14.3 Å². The van der Waals surface area contributed by atoms with E-state index in [-0.39, 0.29) is 11.4 Å². The standard InChI is InChI=1S/C10H9BrClFO2/c1-5(10(14)15)4-6-2-3-7(11)8(12)9(6)13/h2-3,5H,4H2,1H3,(H,14,15). The van der Waals surface area contributed by atoms with Crippen molar-refractivity contribution in [1.29, 1.82) is 0 Å². The van der Waals surface area contributed by atoms with E-state index in [1.807, 2.05) is 0 Å². The fraction of sp³-hybridized carbons (Fsp3) is 0.300. The Kier molecular flexibility index (Phi) is 4.11. The first-order valence-corrected chi connectivity index (χ1v) is 5.45. The topological polar surface area (TPSA) is 37.3 Å². The van der Waals surface area contributed by atoms with Crippen LogP contribution in [-0.2, 0) is 11.2 Å². The molecule has 0 saturated heterocycles. The summed E-state index contributed by atoms with van der Waals surface area (Å²) in [6.45, 7) is 1.53. The van der Waals surface area contributed by atoms with Gasteiger partial charge in [-0.25, -0.2) is 4.39 Å². The maximum atomic E-state index is 13.5. The van der Waals surface area contributed by atoms with E-state index < -0.39 is 17.7 Å². The summed E-state index contributed by atoms with van der Waals surface area (Å²) < 4.78 is 14.0. The van der Waals surface area contributed by atoms with Crippen LogP contribution in [0.2, 0.25) is 5.02 Å². The zero-order chi connectivity index (χ0) is 11.6. The molecule has 0 aromatic heterocycles. The summed E-state index contributed by atoms with van der Waals surface area (Å²) in [7, 11) is 0. The second-order valence-corrected chi connectivity index (χ2v) is 4.51. The summed E-state index contributed by atoms with van der Waals surface area (Å²) >= 11 is 8.76. The Labute approximate surface area is 100 Å². The van der Waals surface area contributed by atoms with Crippen molar-refractivity contribution in [3.05, 3.63) is 33.0 Å². The lowest BCUT2D eigenvalue weighted by Crippen LogP contribution is -2.13. The zero-order valence-electron chi connectivity index (χ0n) is 7.93. The van der Waals surface area contributed by atoms with Crippen molar-refractivity contribution in [2.24, 2.45) is 5.92 Å². The monoisotopic (exact) mass is 294 g/mol. The first-order valence-electron chi connectivity index (χ1n) is 4.28. The van der Waals surface area contributed by atoms with Gasteiger partial charge in [0.2, 0.25) is 0 Å². The number of hydrogen-bond acceptors (Lipinski definition) is 1. The van der Waals surface area contributed by atoms with Crippen molar-refractivity contribution in [2.45, 2.75) is 13.3 Å². The van der Waals surface area contributed by atoms with Crippen LogP contribution < -0.4 is 0 Å². The highest BCUT2D eigenvalue weighted by Crippen LogP contribution is 2.28. The van der Waals surface area contributed by atoms with Gasteiger partial charge in [-0.3, -0.25) is 4.79 Å². The van der Waals surface area contributed by atoms with E-state index in [2.05, 4.69) is 15.9 Å². The van der Waals surface area contributed by atoms with Gasteiger partial charge < -0.3 is 5.11 Å². The lowest BCUT2D eigenvalue weighted by molar-refractivity contribution is -0.141. The molecule has 2 nitrogen and oxygen atoms in total. The van der Waals surface area contributed by atoms with E-state index in [0.29, 0.717) is 10.0 Å². The number of carboxylic acid groups (broad SMARTS) is 1. The molecule has 0 radical (unpaired) electrons. The lowest BCUT2D eigenvalue weighted by atomic mass is 10.0. The second kappa shape index (κ2) is 4.94. The van der Waals surface area contributed by atoms with Crippen molar-refractivity contribution in [1.82, 2.24) is 0 Å². The average Bonchev–Trinajstić information content (AvgIpc) is 2.18. The van der Waals surface area contributed by atoms with E-state index in [0.717, 1.165) is 0 Å². The minimum atomic E-state index is -0.951. The predicted molar refractivity (Wildman–Crippen MR) is 59.6 cm³/mol. The highest BCUT2D eigenvalue weighted by Gasteiger charge is 2.16. The van der Waals surface area contributed by atoms with Crippen molar-refractivity contribution in [3.63, 3.8) is 0 Å². The third-order valence-corrected chi connectivity index (χ3v) is 3.32. The van der Waals surface area contributed by atoms with E-state index in [1.54, 1.807) is 6.07 Å². The highest BCUT2D eigenvalue weighted by atomic mass is 79.9. The normalized spacial score (nSPS) is 12.5. The van der Waals surface area contributed by atoms with Crippen LogP contribution in [-0.4, -0.2) is 11.1 Å². The molecule has 1 N–H and O–H groups in total. The molecule has 1 aromatic rings. The van der Waals surface area contributed by atoms with Gasteiger partial charge in [0, 0.05) is 4.47 Å². The Balaban J connectivity index is 2.97. The molecule has 0 bridgehead atoms. The van der Waals surface area contributed by atoms with Gasteiger partial charge in [0.1, 0.15) is 5.82 Å². The maximum Gasteiger partial charge on any atom is 0.306 e. The summed E-state index contributed by atoms with van der Waals surface area (Å²) in [5.74, 6) is -2.13. The summed E-state index contributed by atoms with van der Waals surface area (Å²) in [5.41, 5.74) is 0.318. The predicted octanol–water partition coefficient (Wildman–Crippen LogP) is 3.50. The molecular formula is C10H9BrClFO2. The minimum absolute atomic E-state index is 0.00918. The molecule has 82 valence electrons. The van der Waals surface area contributed by atoms with Gasteiger partial charge in [0.25, 0.3) is 0 Å². The number of carbonyl (C=O) groups is 1. The maximum absolute atomic E-state index is 13.5. The Morgan fingerprint density at radius 1 is 1.67 bits per heavy atom. The van der Waals surface area contributed by atoms with Crippen LogP contribution in [0.1, 0.15) is 12.5 Å². The van der Waals surface area contributed by atoms with Gasteiger partial charge in [-0.1, -0.05) is 24.6 Å². The van der Waals surface area contributed by atoms with Gasteiger partial charge in [0.15, 0.2) is 0 Å². The highest BCUT2D eigenvalue weighted by molar-refractivity contribution is 9.10. The fourth-order valence-electron chi connectivity index (χ4n) is 1.14. The molecule has 0 spiro atoms. The van der Waals surface area contributed by atoms with Crippen LogP contribution in [0.5, 0.6) is 0 Å². The molecule has 0 aliphatic carbocycles. The first-order chi connectivity index (χ1) is 6.93. The lowest BCUT2D eigenvalue weighted by Gasteiger charge is -2.08. The number of halogens is 3. The summed E-state index contributed by atoms with van der Waals surface area (Å²) in [4.78, 5) is 10.6. The number of benzene rings is 1. The Hall–Kier alpha value is -0.610. The number of aliphatic carboxylic acids is 1. The van der Waals surface area contributed by atoms with Crippen LogP contribution in [0.4, 0.5) is 4.39 Å². The summed E-state index contributed by atoms with van der Waals surface area (Å²) in [6.07, 6.45) is 0.133. The van der Waals surface area contributed by atoms with Gasteiger partial charge in [0.05, 0.1) is 10.9 Å². The number of hydrogen-bond donors (Lipinski definition) is 1. The molecule has 0 aliphatic heterocycles. The van der Waals surface area contributed by atoms with Gasteiger partial charge in [-0.05, 0) is 34.0 Å². The van der Waals surface area contributed by atoms with Gasteiger partial charge in [-0.15, -0.1) is 0 Å². The molecule has 1 atom stereocenters. The molecule has 15 heavy (non-hydrogen) atoms. The van der Waals surface area contributed by atoms with Crippen molar-refractivity contribution >= 4 is 33.5 Å². The van der Waals surface area contributed by atoms with Crippen LogP contribution in [0.3, 0.4) is 0 Å². The van der Waals surface area contributed by atoms with Crippen LogP contribution in [0.25, 0.3) is 0 Å². The first kappa shape index (κ1) is 12.5. The van der Waals surface area contributed by atoms with E-state index >= 15 is 0 Å². The van der Waals surface area contributed by atoms with Crippen LogP contribution in [0, 0.1) is 11.7 Å². The molecule has 0 saturated carbocycles. The van der Waals surface area contributed by atoms with E-state index in [4.69, 9.17) is 16.7 Å². The molecule has 1 aromatic carbocycles. The Morgan fingerprint density at radius 2 is 2.27 bits per heavy atom. The molecule has 0 fully saturated rings. The summed E-state index contributed by atoms with van der Waals surface area (Å²) in [6, 6.07) is 3.14. The smallest absolute Gasteiger partial charge is 0.306 e. The Morgan fingerprint density at radius 3 is 2.80 bits per heavy atom. The average molecular weight is 296 g/mol. The van der Waals surface area contributed by atoms with Gasteiger partial charge in [-0.2, -0.15) is 0 Å². The second-order valence-electron chi connectivity index (χ2n) is 3.28. The molecule has 0 aliphatic rings. The SMILES string of the molecule is CC(Cc1ccc(Br)c(Cl)c1F)C(=O)O. The van der Waals surface area contributed by atoms with Crippen LogP contribution in [0.15, 0.2) is 16.6 Å². The fourth-order valence-corrected chi connectivity index (χ4v) is 1.63. The molecule has 1 rings (SSSR count). The largest absolute Gasteiger partial charge is 0.481 e. The number of rotatable bonds is 3. The number of carboxylic acids is 1. The van der Waals surface area contributed by atoms with E-state index in [9.17, 15) is 9.18 Å². The molecule has 5 heteroatoms. The van der Waals surface area contributed by atoms with Crippen molar-refractivity contribution in [3.8, 4) is 0 Å². The van der Waals surface area contributed by atoms with E-state index in [1.165, 1.54) is 13.0 Å². The quantitative estimate of drug-likeness (QED) is 0.867. The van der Waals surface area contributed by atoms with Gasteiger partial charge >= 0.3 is 5.97 Å². The zero-order valence-corrected chi connectivity index (χ0v) is 10.3. The molecule has 0 amide bonds. The Bertz CT molecular complexity index is 395.